The van der Waals surface area contributed by atoms with Gasteiger partial charge in [0.1, 0.15) is 17.4 Å². The third kappa shape index (κ3) is 3.76. The summed E-state index contributed by atoms with van der Waals surface area (Å²) in [5.74, 6) is 3.13. The molecule has 0 spiro atoms. The first-order valence-electron chi connectivity index (χ1n) is 10.2. The highest BCUT2D eigenvalue weighted by atomic mass is 16.5. The molecule has 1 fully saturated rings. The van der Waals surface area contributed by atoms with Crippen molar-refractivity contribution in [1.29, 1.82) is 0 Å². The molecule has 2 aliphatic heterocycles. The van der Waals surface area contributed by atoms with E-state index in [1.165, 1.54) is 6.42 Å². The van der Waals surface area contributed by atoms with E-state index in [9.17, 15) is 4.79 Å². The molecule has 0 unspecified atom stereocenters. The summed E-state index contributed by atoms with van der Waals surface area (Å²) in [6.45, 7) is 3.32. The topological polar surface area (TPSA) is 63.5 Å². The average molecular weight is 383 g/mol. The van der Waals surface area contributed by atoms with Crippen LogP contribution in [0.3, 0.4) is 0 Å². The Morgan fingerprint density at radius 2 is 2.04 bits per heavy atom. The molecule has 1 amide bonds. The van der Waals surface area contributed by atoms with Gasteiger partial charge in [-0.05, 0) is 44.5 Å². The highest BCUT2D eigenvalue weighted by molar-refractivity contribution is 5.76. The van der Waals surface area contributed by atoms with Gasteiger partial charge in [0.25, 0.3) is 0 Å². The number of para-hydroxylation sites is 1. The Labute approximate surface area is 166 Å². The maximum atomic E-state index is 12.8. The number of fused-ring (bicyclic) bond motifs is 1. The Kier molecular flexibility index (Phi) is 5.62. The molecule has 1 atom stereocenters. The van der Waals surface area contributed by atoms with Crippen molar-refractivity contribution in [3.05, 3.63) is 41.5 Å². The van der Waals surface area contributed by atoms with E-state index in [1.54, 1.807) is 7.11 Å². The van der Waals surface area contributed by atoms with E-state index in [0.29, 0.717) is 25.4 Å². The van der Waals surface area contributed by atoms with E-state index in [-0.39, 0.29) is 5.91 Å². The molecule has 0 saturated carbocycles. The van der Waals surface area contributed by atoms with E-state index in [2.05, 4.69) is 26.7 Å². The van der Waals surface area contributed by atoms with E-state index in [4.69, 9.17) is 4.74 Å². The third-order valence-corrected chi connectivity index (χ3v) is 6.03. The molecule has 0 aliphatic carbocycles. The minimum atomic E-state index is 0.198. The molecule has 1 aromatic heterocycles. The molecule has 0 N–H and O–H groups in total. The first kappa shape index (κ1) is 18.9. The van der Waals surface area contributed by atoms with Crippen molar-refractivity contribution < 1.29 is 9.53 Å². The number of aromatic nitrogens is 3. The minimum Gasteiger partial charge on any atom is -0.496 e. The monoisotopic (exact) mass is 383 g/mol. The zero-order chi connectivity index (χ0) is 19.5. The predicted octanol–water partition coefficient (Wildman–Crippen LogP) is 2.07. The lowest BCUT2D eigenvalue weighted by atomic mass is 10.1. The number of likely N-dealkylation sites (tertiary alicyclic amines) is 1. The quantitative estimate of drug-likeness (QED) is 0.791. The molecule has 0 radical (unpaired) electrons. The van der Waals surface area contributed by atoms with Gasteiger partial charge in [-0.15, -0.1) is 10.2 Å². The number of rotatable bonds is 5. The van der Waals surface area contributed by atoms with Crippen LogP contribution in [0.4, 0.5) is 0 Å². The van der Waals surface area contributed by atoms with Crippen LogP contribution >= 0.6 is 0 Å². The van der Waals surface area contributed by atoms with Gasteiger partial charge in [0.15, 0.2) is 0 Å². The second-order valence-electron chi connectivity index (χ2n) is 7.71. The molecule has 0 bridgehead atoms. The number of hydrogen-bond acceptors (Lipinski definition) is 5. The van der Waals surface area contributed by atoms with Crippen LogP contribution in [0, 0.1) is 0 Å². The number of aryl methyl sites for hydroxylation is 1. The number of benzene rings is 1. The summed E-state index contributed by atoms with van der Waals surface area (Å²) < 4.78 is 7.65. The molecule has 150 valence electrons. The van der Waals surface area contributed by atoms with Gasteiger partial charge in [0.05, 0.1) is 13.2 Å². The normalized spacial score (nSPS) is 20.1. The number of ether oxygens (including phenoxy) is 1. The lowest BCUT2D eigenvalue weighted by molar-refractivity contribution is -0.131. The van der Waals surface area contributed by atoms with E-state index in [0.717, 1.165) is 55.4 Å². The lowest BCUT2D eigenvalue weighted by Gasteiger charge is -2.22. The van der Waals surface area contributed by atoms with E-state index in [1.807, 2.05) is 29.2 Å². The van der Waals surface area contributed by atoms with Gasteiger partial charge >= 0.3 is 0 Å². The predicted molar refractivity (Wildman–Crippen MR) is 106 cm³/mol. The van der Waals surface area contributed by atoms with Gasteiger partial charge in [-0.2, -0.15) is 0 Å². The molecule has 4 rings (SSSR count). The van der Waals surface area contributed by atoms with E-state index >= 15 is 0 Å². The number of carbonyl (C=O) groups excluding carboxylic acids is 1. The number of hydrogen-bond donors (Lipinski definition) is 0. The van der Waals surface area contributed by atoms with Crippen LogP contribution in [0.2, 0.25) is 0 Å². The molecule has 1 saturated heterocycles. The smallest absolute Gasteiger partial charge is 0.222 e. The molecule has 3 heterocycles. The average Bonchev–Trinajstić information content (AvgIpc) is 3.25. The van der Waals surface area contributed by atoms with Gasteiger partial charge in [0, 0.05) is 32.5 Å². The van der Waals surface area contributed by atoms with Crippen molar-refractivity contribution in [3.63, 3.8) is 0 Å². The van der Waals surface area contributed by atoms with Crippen molar-refractivity contribution in [3.8, 4) is 5.75 Å². The first-order chi connectivity index (χ1) is 13.7. The summed E-state index contributed by atoms with van der Waals surface area (Å²) in [5.41, 5.74) is 1.08. The highest BCUT2D eigenvalue weighted by Gasteiger charge is 2.30. The van der Waals surface area contributed by atoms with Gasteiger partial charge in [-0.3, -0.25) is 9.69 Å². The zero-order valence-corrected chi connectivity index (χ0v) is 16.8. The minimum absolute atomic E-state index is 0.198. The van der Waals surface area contributed by atoms with Crippen molar-refractivity contribution in [2.45, 2.75) is 44.7 Å². The van der Waals surface area contributed by atoms with Gasteiger partial charge in [0.2, 0.25) is 5.91 Å². The zero-order valence-electron chi connectivity index (χ0n) is 16.8. The maximum absolute atomic E-state index is 12.8. The van der Waals surface area contributed by atoms with Crippen LogP contribution in [0.15, 0.2) is 24.3 Å². The second kappa shape index (κ2) is 8.31. The van der Waals surface area contributed by atoms with Crippen molar-refractivity contribution in [2.75, 3.05) is 33.8 Å². The summed E-state index contributed by atoms with van der Waals surface area (Å²) in [6, 6.07) is 8.27. The van der Waals surface area contributed by atoms with Crippen molar-refractivity contribution in [1.82, 2.24) is 24.6 Å². The Hall–Kier alpha value is -2.41. The molecular weight excluding hydrogens is 354 g/mol. The Balaban J connectivity index is 1.38. The van der Waals surface area contributed by atoms with Gasteiger partial charge < -0.3 is 14.2 Å². The number of carbonyl (C=O) groups is 1. The maximum Gasteiger partial charge on any atom is 0.222 e. The SMILES string of the molecule is COc1ccccc1CCC(=O)N1CCc2nnc([C@H]3CCCN3C)n2CC1. The number of methoxy groups -OCH3 is 1. The molecule has 7 heteroatoms. The van der Waals surface area contributed by atoms with Crippen LogP contribution < -0.4 is 4.74 Å². The molecule has 28 heavy (non-hydrogen) atoms. The molecule has 1 aromatic carbocycles. The fraction of sp³-hybridized carbons (Fsp3) is 0.571. The molecule has 2 aromatic rings. The number of nitrogens with zero attached hydrogens (tertiary/aromatic N) is 5. The summed E-state index contributed by atoms with van der Waals surface area (Å²) >= 11 is 0. The second-order valence-corrected chi connectivity index (χ2v) is 7.71. The largest absolute Gasteiger partial charge is 0.496 e. The standard InChI is InChI=1S/C21H29N5O2/c1-24-12-5-7-17(24)21-23-22-19-11-13-25(14-15-26(19)21)20(27)10-9-16-6-3-4-8-18(16)28-2/h3-4,6,8,17H,5,7,9-15H2,1-2H3/t17-/m1/s1. The Morgan fingerprint density at radius 1 is 1.18 bits per heavy atom. The van der Waals surface area contributed by atoms with Crippen LogP contribution in [-0.2, 0) is 24.2 Å². The van der Waals surface area contributed by atoms with Crippen LogP contribution in [0.5, 0.6) is 5.75 Å². The lowest BCUT2D eigenvalue weighted by Crippen LogP contribution is -2.34. The Bertz CT molecular complexity index is 834. The van der Waals surface area contributed by atoms with Crippen molar-refractivity contribution >= 4 is 5.91 Å². The molecule has 7 nitrogen and oxygen atoms in total. The fourth-order valence-corrected chi connectivity index (χ4v) is 4.39. The highest BCUT2D eigenvalue weighted by Crippen LogP contribution is 2.30. The molecular formula is C21H29N5O2. The third-order valence-electron chi connectivity index (χ3n) is 6.03. The summed E-state index contributed by atoms with van der Waals surface area (Å²) in [7, 11) is 3.83. The van der Waals surface area contributed by atoms with Crippen LogP contribution in [0.1, 0.15) is 42.5 Å². The summed E-state index contributed by atoms with van der Waals surface area (Å²) in [4.78, 5) is 17.2. The van der Waals surface area contributed by atoms with E-state index < -0.39 is 0 Å². The van der Waals surface area contributed by atoms with Gasteiger partial charge in [-0.1, -0.05) is 18.2 Å². The Morgan fingerprint density at radius 3 is 2.82 bits per heavy atom. The van der Waals surface area contributed by atoms with Crippen molar-refractivity contribution in [2.24, 2.45) is 0 Å². The van der Waals surface area contributed by atoms with Gasteiger partial charge in [-0.25, -0.2) is 0 Å². The fourth-order valence-electron chi connectivity index (χ4n) is 4.39. The summed E-state index contributed by atoms with van der Waals surface area (Å²) in [5, 5.41) is 8.93. The first-order valence-corrected chi connectivity index (χ1v) is 10.2. The number of amides is 1. The molecule has 2 aliphatic rings. The summed E-state index contributed by atoms with van der Waals surface area (Å²) in [6.07, 6.45) is 4.31. The van der Waals surface area contributed by atoms with Crippen LogP contribution in [-0.4, -0.2) is 64.3 Å². The van der Waals surface area contributed by atoms with Crippen LogP contribution in [0.25, 0.3) is 0 Å².